The minimum absolute atomic E-state index is 0.0212. The lowest BCUT2D eigenvalue weighted by molar-refractivity contribution is 0.103. The second-order valence-corrected chi connectivity index (χ2v) is 5.20. The molecular weight excluding hydrogens is 319 g/mol. The second kappa shape index (κ2) is 5.21. The van der Waals surface area contributed by atoms with Crippen LogP contribution in [-0.4, -0.2) is 5.78 Å². The van der Waals surface area contributed by atoms with Crippen molar-refractivity contribution < 1.29 is 9.18 Å². The van der Waals surface area contributed by atoms with E-state index >= 15 is 0 Å². The molecule has 2 aromatic rings. The molecule has 0 saturated heterocycles. The summed E-state index contributed by atoms with van der Waals surface area (Å²) in [4.78, 5) is 12.1. The molecule has 0 aliphatic rings. The van der Waals surface area contributed by atoms with E-state index in [2.05, 4.69) is 15.9 Å². The van der Waals surface area contributed by atoms with E-state index in [4.69, 9.17) is 11.6 Å². The van der Waals surface area contributed by atoms with Gasteiger partial charge in [-0.05, 0) is 35.0 Å². The van der Waals surface area contributed by atoms with Crippen LogP contribution in [0.2, 0.25) is 5.02 Å². The van der Waals surface area contributed by atoms with Gasteiger partial charge in [-0.25, -0.2) is 4.39 Å². The maximum absolute atomic E-state index is 13.7. The Hall–Kier alpha value is -1.19. The highest BCUT2D eigenvalue weighted by molar-refractivity contribution is 9.10. The van der Waals surface area contributed by atoms with Crippen LogP contribution in [0.25, 0.3) is 0 Å². The molecule has 0 fully saturated rings. The van der Waals surface area contributed by atoms with Crippen LogP contribution in [-0.2, 0) is 0 Å². The molecule has 18 heavy (non-hydrogen) atoms. The maximum Gasteiger partial charge on any atom is 0.196 e. The molecule has 0 spiro atoms. The first-order valence-electron chi connectivity index (χ1n) is 5.25. The molecule has 0 amide bonds. The van der Waals surface area contributed by atoms with E-state index in [0.29, 0.717) is 15.1 Å². The number of benzene rings is 2. The van der Waals surface area contributed by atoms with Crippen molar-refractivity contribution in [3.05, 3.63) is 68.4 Å². The van der Waals surface area contributed by atoms with Crippen LogP contribution >= 0.6 is 27.5 Å². The van der Waals surface area contributed by atoms with E-state index in [1.807, 2.05) is 19.1 Å². The fourth-order valence-corrected chi connectivity index (χ4v) is 2.04. The quantitative estimate of drug-likeness (QED) is 0.573. The summed E-state index contributed by atoms with van der Waals surface area (Å²) in [5, 5.41) is 0.312. The summed E-state index contributed by atoms with van der Waals surface area (Å²) in [6.07, 6.45) is 0. The Balaban J connectivity index is 2.46. The summed E-state index contributed by atoms with van der Waals surface area (Å²) in [6.45, 7) is 1.92. The van der Waals surface area contributed by atoms with E-state index < -0.39 is 5.82 Å². The Kier molecular flexibility index (Phi) is 3.83. The minimum Gasteiger partial charge on any atom is -0.288 e. The van der Waals surface area contributed by atoms with Gasteiger partial charge in [0, 0.05) is 10.0 Å². The Morgan fingerprint density at radius 2 is 1.83 bits per heavy atom. The summed E-state index contributed by atoms with van der Waals surface area (Å²) in [5.41, 5.74) is 1.46. The van der Waals surface area contributed by atoms with Gasteiger partial charge in [-0.15, -0.1) is 0 Å². The lowest BCUT2D eigenvalue weighted by Crippen LogP contribution is -2.04. The molecule has 0 atom stereocenters. The highest BCUT2D eigenvalue weighted by Gasteiger charge is 2.16. The standard InChI is InChI=1S/C14H9BrClFO/c1-8-2-4-9(5-3-8)14(18)10-6-12(16)11(15)7-13(10)17/h2-7H,1H3. The van der Waals surface area contributed by atoms with E-state index in [1.54, 1.807) is 12.1 Å². The monoisotopic (exact) mass is 326 g/mol. The Morgan fingerprint density at radius 3 is 2.44 bits per heavy atom. The summed E-state index contributed by atoms with van der Waals surface area (Å²) < 4.78 is 14.2. The third kappa shape index (κ3) is 2.62. The highest BCUT2D eigenvalue weighted by Crippen LogP contribution is 2.27. The molecule has 92 valence electrons. The molecule has 0 aliphatic carbocycles. The van der Waals surface area contributed by atoms with Crippen molar-refractivity contribution in [2.75, 3.05) is 0 Å². The topological polar surface area (TPSA) is 17.1 Å². The number of ketones is 1. The first-order valence-corrected chi connectivity index (χ1v) is 6.42. The molecule has 2 aromatic carbocycles. The molecule has 0 aliphatic heterocycles. The lowest BCUT2D eigenvalue weighted by atomic mass is 10.0. The number of carbonyl (C=O) groups excluding carboxylic acids is 1. The van der Waals surface area contributed by atoms with Crippen molar-refractivity contribution in [3.8, 4) is 0 Å². The van der Waals surface area contributed by atoms with Crippen LogP contribution in [0.4, 0.5) is 4.39 Å². The van der Waals surface area contributed by atoms with Crippen molar-refractivity contribution in [1.82, 2.24) is 0 Å². The second-order valence-electron chi connectivity index (χ2n) is 3.94. The highest BCUT2D eigenvalue weighted by atomic mass is 79.9. The molecular formula is C14H9BrClFO. The van der Waals surface area contributed by atoms with Gasteiger partial charge in [0.1, 0.15) is 5.82 Å². The maximum atomic E-state index is 13.7. The first-order chi connectivity index (χ1) is 8.49. The van der Waals surface area contributed by atoms with Gasteiger partial charge >= 0.3 is 0 Å². The van der Waals surface area contributed by atoms with Gasteiger partial charge in [-0.1, -0.05) is 41.4 Å². The zero-order chi connectivity index (χ0) is 13.3. The molecule has 0 bridgehead atoms. The largest absolute Gasteiger partial charge is 0.288 e. The normalized spacial score (nSPS) is 10.4. The summed E-state index contributed by atoms with van der Waals surface area (Å²) >= 11 is 8.99. The van der Waals surface area contributed by atoms with Gasteiger partial charge in [0.2, 0.25) is 0 Å². The third-order valence-corrected chi connectivity index (χ3v) is 3.77. The third-order valence-electron chi connectivity index (χ3n) is 2.57. The molecule has 4 heteroatoms. The zero-order valence-electron chi connectivity index (χ0n) is 9.51. The van der Waals surface area contributed by atoms with E-state index in [9.17, 15) is 9.18 Å². The van der Waals surface area contributed by atoms with Gasteiger partial charge in [-0.2, -0.15) is 0 Å². The van der Waals surface area contributed by atoms with E-state index in [-0.39, 0.29) is 11.3 Å². The van der Waals surface area contributed by atoms with Crippen LogP contribution in [0, 0.1) is 12.7 Å². The molecule has 1 nitrogen and oxygen atoms in total. The number of hydrogen-bond acceptors (Lipinski definition) is 1. The predicted molar refractivity (Wildman–Crippen MR) is 73.7 cm³/mol. The molecule has 2 rings (SSSR count). The van der Waals surface area contributed by atoms with Crippen LogP contribution in [0.3, 0.4) is 0 Å². The average molecular weight is 328 g/mol. The fraction of sp³-hybridized carbons (Fsp3) is 0.0714. The van der Waals surface area contributed by atoms with Crippen molar-refractivity contribution >= 4 is 33.3 Å². The average Bonchev–Trinajstić information content (AvgIpc) is 2.34. The van der Waals surface area contributed by atoms with Crippen LogP contribution in [0.15, 0.2) is 40.9 Å². The van der Waals surface area contributed by atoms with Crippen molar-refractivity contribution in [1.29, 1.82) is 0 Å². The van der Waals surface area contributed by atoms with Gasteiger partial charge < -0.3 is 0 Å². The van der Waals surface area contributed by atoms with Gasteiger partial charge in [0.05, 0.1) is 10.6 Å². The zero-order valence-corrected chi connectivity index (χ0v) is 11.8. The molecule has 0 heterocycles. The number of rotatable bonds is 2. The molecule has 0 unspecified atom stereocenters. The smallest absolute Gasteiger partial charge is 0.196 e. The van der Waals surface area contributed by atoms with E-state index in [0.717, 1.165) is 5.56 Å². The van der Waals surface area contributed by atoms with E-state index in [1.165, 1.54) is 12.1 Å². The summed E-state index contributed by atoms with van der Waals surface area (Å²) in [7, 11) is 0. The summed E-state index contributed by atoms with van der Waals surface area (Å²) in [6, 6.07) is 9.50. The SMILES string of the molecule is Cc1ccc(C(=O)c2cc(Cl)c(Br)cc2F)cc1. The van der Waals surface area contributed by atoms with Gasteiger partial charge in [0.15, 0.2) is 5.78 Å². The molecule has 0 N–H and O–H groups in total. The Labute approximate surface area is 118 Å². The molecule has 0 aromatic heterocycles. The number of carbonyl (C=O) groups is 1. The lowest BCUT2D eigenvalue weighted by Gasteiger charge is -2.05. The van der Waals surface area contributed by atoms with Crippen molar-refractivity contribution in [3.63, 3.8) is 0 Å². The van der Waals surface area contributed by atoms with Gasteiger partial charge in [0.25, 0.3) is 0 Å². The first kappa shape index (κ1) is 13.2. The number of hydrogen-bond donors (Lipinski definition) is 0. The van der Waals surface area contributed by atoms with Crippen LogP contribution in [0.1, 0.15) is 21.5 Å². The van der Waals surface area contributed by atoms with Gasteiger partial charge in [-0.3, -0.25) is 4.79 Å². The van der Waals surface area contributed by atoms with Crippen LogP contribution in [0.5, 0.6) is 0 Å². The van der Waals surface area contributed by atoms with Crippen molar-refractivity contribution in [2.24, 2.45) is 0 Å². The molecule has 0 saturated carbocycles. The Morgan fingerprint density at radius 1 is 1.22 bits per heavy atom. The predicted octanol–water partition coefficient (Wildman–Crippen LogP) is 4.78. The number of aryl methyl sites for hydroxylation is 1. The van der Waals surface area contributed by atoms with Crippen LogP contribution < -0.4 is 0 Å². The Bertz CT molecular complexity index is 608. The number of halogens is 3. The molecule has 0 radical (unpaired) electrons. The minimum atomic E-state index is -0.586. The fourth-order valence-electron chi connectivity index (χ4n) is 1.56. The summed E-state index contributed by atoms with van der Waals surface area (Å²) in [5.74, 6) is -0.959. The van der Waals surface area contributed by atoms with Crippen molar-refractivity contribution in [2.45, 2.75) is 6.92 Å².